The van der Waals surface area contributed by atoms with Crippen LogP contribution in [0.4, 0.5) is 0 Å². The second-order valence-corrected chi connectivity index (χ2v) is 27.0. The summed E-state index contributed by atoms with van der Waals surface area (Å²) in [5, 5.41) is 8.61. The molecule has 0 aromatic carbocycles. The monoisotopic (exact) mass is 1210 g/mol. The molecule has 12 fully saturated rings. The van der Waals surface area contributed by atoms with Crippen LogP contribution >= 0.6 is 0 Å². The molecule has 10 bridgehead atoms. The maximum Gasteiger partial charge on any atom is 0.317 e. The smallest absolute Gasteiger partial charge is 0.317 e. The van der Waals surface area contributed by atoms with E-state index in [0.717, 1.165) is 92.3 Å². The molecule has 13 nitrogen and oxygen atoms in total. The van der Waals surface area contributed by atoms with E-state index in [2.05, 4.69) is 64.9 Å². The first-order valence-electron chi connectivity index (χ1n) is 30.2. The lowest BCUT2D eigenvalue weighted by Gasteiger charge is -2.39. The molecule has 13 heteroatoms. The van der Waals surface area contributed by atoms with Gasteiger partial charge in [0.25, 0.3) is 0 Å². The number of fused-ring (bicyclic) bond motifs is 10. The van der Waals surface area contributed by atoms with E-state index in [1.54, 1.807) is 27.7 Å². The van der Waals surface area contributed by atoms with Crippen LogP contribution in [0.15, 0.2) is 0 Å². The van der Waals surface area contributed by atoms with Gasteiger partial charge in [-0.15, -0.1) is 0 Å². The molecule has 1 N–H and O–H groups in total. The minimum Gasteiger partial charge on any atom is -0.463 e. The molecule has 0 aromatic rings. The number of esters is 7. The number of rotatable bonds is 9. The van der Waals surface area contributed by atoms with Gasteiger partial charge in [0.05, 0.1) is 48.0 Å². The third-order valence-corrected chi connectivity index (χ3v) is 24.0. The van der Waals surface area contributed by atoms with Gasteiger partial charge in [-0.25, -0.2) is 0 Å². The number of aliphatic hydroxyl groups excluding tert-OH is 1. The highest BCUT2D eigenvalue weighted by Gasteiger charge is 2.59. The van der Waals surface area contributed by atoms with Gasteiger partial charge in [-0.3, -0.25) is 33.6 Å². The Bertz CT molecular complexity index is 1960. The minimum atomic E-state index is -0.396. The lowest BCUT2D eigenvalue weighted by Crippen LogP contribution is -2.43. The van der Waals surface area contributed by atoms with Gasteiger partial charge in [-0.2, -0.15) is 0 Å². The van der Waals surface area contributed by atoms with Crippen molar-refractivity contribution < 1.29 is 62.4 Å². The van der Waals surface area contributed by atoms with Crippen LogP contribution in [-0.2, 0) is 57.2 Å². The Hall–Kier alpha value is -3.35. The van der Waals surface area contributed by atoms with E-state index in [4.69, 9.17) is 19.3 Å². The van der Waals surface area contributed by atoms with Crippen molar-refractivity contribution >= 4 is 41.8 Å². The van der Waals surface area contributed by atoms with E-state index >= 15 is 0 Å². The topological polar surface area (TPSA) is 186 Å². The van der Waals surface area contributed by atoms with Crippen LogP contribution in [0.25, 0.3) is 0 Å². The van der Waals surface area contributed by atoms with Gasteiger partial charge in [0.15, 0.2) is 0 Å². The Labute approximate surface area is 522 Å². The summed E-state index contributed by atoms with van der Waals surface area (Å²) in [6, 6.07) is 0. The Morgan fingerprint density at radius 2 is 0.706 bits per heavy atom. The van der Waals surface area contributed by atoms with Crippen molar-refractivity contribution in [2.75, 3.05) is 13.2 Å². The largest absolute Gasteiger partial charge is 0.463 e. The molecular formula is C72H136O13. The SMILES string of the molecule is C.C.C.C.C.C.C.C.C.C.CC1C(=O)OC(=O)C1C.CC1C(=O)OC(=O)C1C.CC1C2CC(C(=O)OCCO)C(C2)C1C.CCC1(OC(=O)C2CC3CC2C(C)C3C)CC2CCC1C2.CCC1(OC(=O)C2CC3CC2C(C)C3C)CC2CCC1C2. The summed E-state index contributed by atoms with van der Waals surface area (Å²) in [7, 11) is 0. The van der Waals surface area contributed by atoms with Crippen molar-refractivity contribution in [2.24, 2.45) is 136 Å². The van der Waals surface area contributed by atoms with Gasteiger partial charge in [-0.05, 0) is 197 Å². The summed E-state index contributed by atoms with van der Waals surface area (Å²) in [4.78, 5) is 79.6. The molecule has 2 heterocycles. The van der Waals surface area contributed by atoms with Gasteiger partial charge in [-0.1, -0.05) is 157 Å². The molecule has 25 atom stereocenters. The number of hydrogen-bond acceptors (Lipinski definition) is 13. The second-order valence-electron chi connectivity index (χ2n) is 27.0. The number of ether oxygens (including phenoxy) is 5. The van der Waals surface area contributed by atoms with Crippen LogP contribution in [-0.4, -0.2) is 71.3 Å². The first kappa shape index (κ1) is 85.9. The molecule has 0 amide bonds. The number of carbonyl (C=O) groups is 7. The molecule has 25 unspecified atom stereocenters. The average molecular weight is 1210 g/mol. The van der Waals surface area contributed by atoms with Crippen LogP contribution in [0, 0.1) is 136 Å². The quantitative estimate of drug-likeness (QED) is 0.131. The van der Waals surface area contributed by atoms with Crippen molar-refractivity contribution in [2.45, 2.75) is 271 Å². The van der Waals surface area contributed by atoms with Gasteiger partial charge in [0.1, 0.15) is 17.8 Å². The molecule has 0 aromatic heterocycles. The molecular weight excluding hydrogens is 1070 g/mol. The van der Waals surface area contributed by atoms with Gasteiger partial charge < -0.3 is 28.8 Å². The van der Waals surface area contributed by atoms with Gasteiger partial charge in [0.2, 0.25) is 0 Å². The van der Waals surface area contributed by atoms with E-state index in [-0.39, 0.29) is 158 Å². The zero-order valence-electron chi connectivity index (χ0n) is 47.9. The Kier molecular flexibility index (Phi) is 34.9. The average Bonchev–Trinajstić information content (AvgIpc) is 4.26. The molecule has 0 spiro atoms. The molecule has 2 saturated heterocycles. The zero-order chi connectivity index (χ0) is 54.6. The van der Waals surface area contributed by atoms with Crippen molar-refractivity contribution in [3.05, 3.63) is 0 Å². The number of carbonyl (C=O) groups excluding carboxylic acids is 7. The molecule has 0 radical (unpaired) electrons. The normalized spacial score (nSPS) is 41.9. The fraction of sp³-hybridized carbons (Fsp3) is 0.903. The van der Waals surface area contributed by atoms with Gasteiger partial charge in [0, 0.05) is 0 Å². The summed E-state index contributed by atoms with van der Waals surface area (Å²) in [5.41, 5.74) is -0.173. The standard InChI is InChI=1S/2C19H30O2.C12H20O3.2C6H8O3.10CH4/c2*1-4-19(10-13-5-6-15(19)7-13)21-18(20)17-9-14-8-16(17)12(3)11(14)2;1-7-8(2)10-5-9(7)6-11(10)12(14)15-4-3-13;2*1-3-4(2)6(8)9-5(3)7;;;;;;;;;;/h2*11-17H,4-10H2,1-3H3;7-11,13H,3-6H2,1-2H3;2*3-4H,1-2H3;10*1H4. The van der Waals surface area contributed by atoms with E-state index in [0.29, 0.717) is 47.3 Å². The van der Waals surface area contributed by atoms with Crippen LogP contribution < -0.4 is 0 Å². The first-order chi connectivity index (χ1) is 35.5. The van der Waals surface area contributed by atoms with Crippen molar-refractivity contribution in [3.8, 4) is 0 Å². The molecule has 2 aliphatic heterocycles. The fourth-order valence-corrected chi connectivity index (χ4v) is 17.9. The highest BCUT2D eigenvalue weighted by Crippen LogP contribution is 2.60. The molecule has 85 heavy (non-hydrogen) atoms. The molecule has 10 saturated carbocycles. The molecule has 12 rings (SSSR count). The molecule has 10 aliphatic carbocycles. The minimum absolute atomic E-state index is 0. The number of aliphatic hydroxyl groups is 1. The Morgan fingerprint density at radius 3 is 0.894 bits per heavy atom. The summed E-state index contributed by atoms with van der Waals surface area (Å²) in [6.07, 6.45) is 19.2. The van der Waals surface area contributed by atoms with E-state index in [9.17, 15) is 33.6 Å². The Morgan fingerprint density at radius 1 is 0.424 bits per heavy atom. The van der Waals surface area contributed by atoms with E-state index in [1.807, 2.05) is 0 Å². The fourth-order valence-electron chi connectivity index (χ4n) is 17.9. The third-order valence-electron chi connectivity index (χ3n) is 24.0. The first-order valence-corrected chi connectivity index (χ1v) is 30.2. The predicted octanol–water partition coefficient (Wildman–Crippen LogP) is 17.3. The lowest BCUT2D eigenvalue weighted by molar-refractivity contribution is -0.175. The van der Waals surface area contributed by atoms with Crippen LogP contribution in [0.2, 0.25) is 0 Å². The van der Waals surface area contributed by atoms with Crippen LogP contribution in [0.1, 0.15) is 260 Å². The van der Waals surface area contributed by atoms with E-state index < -0.39 is 23.9 Å². The Balaban J connectivity index is -0.000000997. The molecule has 12 aliphatic rings. The summed E-state index contributed by atoms with van der Waals surface area (Å²) in [6.45, 7) is 25.3. The van der Waals surface area contributed by atoms with Crippen LogP contribution in [0.3, 0.4) is 0 Å². The lowest BCUT2D eigenvalue weighted by atomic mass is 9.75. The second kappa shape index (κ2) is 34.6. The van der Waals surface area contributed by atoms with Crippen molar-refractivity contribution in [1.82, 2.24) is 0 Å². The summed E-state index contributed by atoms with van der Waals surface area (Å²) >= 11 is 0. The van der Waals surface area contributed by atoms with Crippen molar-refractivity contribution in [1.29, 1.82) is 0 Å². The zero-order valence-corrected chi connectivity index (χ0v) is 47.9. The number of hydrogen-bond donors (Lipinski definition) is 1. The highest BCUT2D eigenvalue weighted by molar-refractivity contribution is 5.96. The van der Waals surface area contributed by atoms with Gasteiger partial charge >= 0.3 is 41.8 Å². The van der Waals surface area contributed by atoms with Crippen LogP contribution in [0.5, 0.6) is 0 Å². The number of cyclic esters (lactones) is 4. The predicted molar refractivity (Wildman–Crippen MR) is 347 cm³/mol. The highest BCUT2D eigenvalue weighted by atomic mass is 16.6. The maximum absolute atomic E-state index is 12.9. The molecule has 502 valence electrons. The summed E-state index contributed by atoms with van der Waals surface area (Å²) < 4.78 is 26.2. The van der Waals surface area contributed by atoms with E-state index in [1.165, 1.54) is 57.8 Å². The third kappa shape index (κ3) is 16.7. The summed E-state index contributed by atoms with van der Waals surface area (Å²) in [5.74, 6) is 9.60. The maximum atomic E-state index is 12.9. The van der Waals surface area contributed by atoms with Crippen molar-refractivity contribution in [3.63, 3.8) is 0 Å².